The molecule has 1 heterocycles. The fourth-order valence-corrected chi connectivity index (χ4v) is 4.54. The lowest BCUT2D eigenvalue weighted by Crippen LogP contribution is -2.32. The van der Waals surface area contributed by atoms with Crippen LogP contribution in [-0.4, -0.2) is 17.8 Å². The highest BCUT2D eigenvalue weighted by molar-refractivity contribution is 5.99. The van der Waals surface area contributed by atoms with Crippen LogP contribution in [0.4, 0.5) is 5.69 Å². The maximum absolute atomic E-state index is 12.6. The molecule has 1 saturated carbocycles. The molecule has 1 fully saturated rings. The van der Waals surface area contributed by atoms with Crippen molar-refractivity contribution >= 4 is 28.3 Å². The highest BCUT2D eigenvalue weighted by Gasteiger charge is 2.29. The highest BCUT2D eigenvalue weighted by Crippen LogP contribution is 2.31. The third kappa shape index (κ3) is 4.17. The lowest BCUT2D eigenvalue weighted by atomic mass is 9.86. The zero-order chi connectivity index (χ0) is 22.1. The molecule has 6 nitrogen and oxygen atoms in total. The molecule has 0 aromatic heterocycles. The van der Waals surface area contributed by atoms with Crippen LogP contribution in [0.1, 0.15) is 41.6 Å². The number of nitrogen functional groups attached to an aromatic ring is 1. The Morgan fingerprint density at radius 3 is 2.47 bits per heavy atom. The predicted octanol–water partition coefficient (Wildman–Crippen LogP) is 4.76. The summed E-state index contributed by atoms with van der Waals surface area (Å²) in [6.07, 6.45) is 7.37. The zero-order valence-electron chi connectivity index (χ0n) is 17.7. The second kappa shape index (κ2) is 8.38. The monoisotopic (exact) mass is 426 g/mol. The number of carbonyl (C=O) groups is 1. The van der Waals surface area contributed by atoms with Crippen molar-refractivity contribution < 1.29 is 9.53 Å². The normalized spacial score (nSPS) is 19.6. The lowest BCUT2D eigenvalue weighted by Gasteiger charge is -2.24. The Balaban J connectivity index is 1.24. The molecule has 6 heteroatoms. The van der Waals surface area contributed by atoms with E-state index in [1.807, 2.05) is 36.4 Å². The van der Waals surface area contributed by atoms with Gasteiger partial charge in [0.25, 0.3) is 0 Å². The molecule has 0 saturated heterocycles. The molecule has 2 unspecified atom stereocenters. The van der Waals surface area contributed by atoms with Gasteiger partial charge in [-0.05, 0) is 72.2 Å². The molecule has 1 aliphatic carbocycles. The summed E-state index contributed by atoms with van der Waals surface area (Å²) < 4.78 is 5.57. The molecule has 162 valence electrons. The third-order valence-electron chi connectivity index (χ3n) is 6.27. The summed E-state index contributed by atoms with van der Waals surface area (Å²) in [6.45, 7) is 0. The average molecular weight is 427 g/mol. The zero-order valence-corrected chi connectivity index (χ0v) is 17.7. The van der Waals surface area contributed by atoms with E-state index in [-0.39, 0.29) is 5.84 Å². The number of nitrogens with two attached hydrogens (primary N) is 1. The van der Waals surface area contributed by atoms with Crippen molar-refractivity contribution in [3.63, 3.8) is 0 Å². The van der Waals surface area contributed by atoms with Gasteiger partial charge in [0.1, 0.15) is 11.6 Å². The van der Waals surface area contributed by atoms with E-state index in [9.17, 15) is 4.79 Å². The molecule has 2 atom stereocenters. The molecule has 0 bridgehead atoms. The van der Waals surface area contributed by atoms with Gasteiger partial charge in [0.05, 0.1) is 11.4 Å². The van der Waals surface area contributed by atoms with E-state index in [2.05, 4.69) is 16.7 Å². The number of hydrogen-bond donors (Lipinski definition) is 4. The number of anilines is 1. The van der Waals surface area contributed by atoms with Gasteiger partial charge >= 0.3 is 5.97 Å². The van der Waals surface area contributed by atoms with E-state index in [1.54, 1.807) is 24.3 Å². The number of amidine groups is 1. The molecule has 1 aliphatic heterocycles. The van der Waals surface area contributed by atoms with Crippen LogP contribution in [0.3, 0.4) is 0 Å². The van der Waals surface area contributed by atoms with Crippen LogP contribution < -0.4 is 21.1 Å². The highest BCUT2D eigenvalue weighted by atomic mass is 16.5. The third-order valence-corrected chi connectivity index (χ3v) is 6.27. The molecule has 3 aromatic carbocycles. The van der Waals surface area contributed by atoms with Crippen molar-refractivity contribution in [3.05, 3.63) is 83.7 Å². The quantitative estimate of drug-likeness (QED) is 0.204. The summed E-state index contributed by atoms with van der Waals surface area (Å²) in [5.41, 5.74) is 7.64. The van der Waals surface area contributed by atoms with E-state index in [0.29, 0.717) is 28.8 Å². The van der Waals surface area contributed by atoms with Crippen LogP contribution in [0.25, 0.3) is 10.8 Å². The number of hydrogen-bond acceptors (Lipinski definition) is 5. The average Bonchev–Trinajstić information content (AvgIpc) is 3.21. The first-order valence-corrected chi connectivity index (χ1v) is 11.0. The molecular formula is C26H26N4O2. The van der Waals surface area contributed by atoms with E-state index in [0.717, 1.165) is 22.3 Å². The molecule has 0 amide bonds. The topological polar surface area (TPSA) is 100 Å². The largest absolute Gasteiger partial charge is 0.423 e. The minimum Gasteiger partial charge on any atom is -0.423 e. The van der Waals surface area contributed by atoms with Gasteiger partial charge in [-0.2, -0.15) is 0 Å². The maximum atomic E-state index is 12.6. The number of benzene rings is 3. The van der Waals surface area contributed by atoms with Crippen LogP contribution in [0.15, 0.2) is 72.6 Å². The van der Waals surface area contributed by atoms with Crippen molar-refractivity contribution in [3.8, 4) is 5.75 Å². The molecule has 0 spiro atoms. The Labute approximate surface area is 187 Å². The second-order valence-corrected chi connectivity index (χ2v) is 8.51. The van der Waals surface area contributed by atoms with Gasteiger partial charge in [-0.25, -0.2) is 4.79 Å². The summed E-state index contributed by atoms with van der Waals surface area (Å²) >= 11 is 0. The molecular weight excluding hydrogens is 400 g/mol. The van der Waals surface area contributed by atoms with Crippen molar-refractivity contribution in [1.82, 2.24) is 5.32 Å². The van der Waals surface area contributed by atoms with Crippen LogP contribution >= 0.6 is 0 Å². The van der Waals surface area contributed by atoms with Gasteiger partial charge in [-0.3, -0.25) is 5.41 Å². The lowest BCUT2D eigenvalue weighted by molar-refractivity contribution is 0.0735. The Morgan fingerprint density at radius 2 is 1.69 bits per heavy atom. The maximum Gasteiger partial charge on any atom is 0.343 e. The van der Waals surface area contributed by atoms with Gasteiger partial charge < -0.3 is 21.1 Å². The summed E-state index contributed by atoms with van der Waals surface area (Å²) in [4.78, 5) is 12.6. The number of carbonyl (C=O) groups excluding carboxylic acids is 1. The van der Waals surface area contributed by atoms with Gasteiger partial charge in [-0.15, -0.1) is 0 Å². The van der Waals surface area contributed by atoms with Crippen LogP contribution in [0.5, 0.6) is 5.75 Å². The Bertz CT molecular complexity index is 1220. The molecule has 5 N–H and O–H groups in total. The number of fused-ring (bicyclic) bond motifs is 2. The standard InChI is InChI=1S/C26H26N4O2/c27-25(28)20-6-5-18-14-22(12-9-17(18)13-20)32-26(31)16-7-10-21(11-8-16)29-24-15-19-3-1-2-4-23(19)30-24/h5-15,19,23,29-30H,1-4H2,(H3,27,28). The van der Waals surface area contributed by atoms with Crippen molar-refractivity contribution in [2.24, 2.45) is 11.7 Å². The number of ether oxygens (including phenoxy) is 1. The van der Waals surface area contributed by atoms with E-state index in [1.165, 1.54) is 25.7 Å². The molecule has 32 heavy (non-hydrogen) atoms. The van der Waals surface area contributed by atoms with Crippen LogP contribution in [-0.2, 0) is 0 Å². The first-order chi connectivity index (χ1) is 15.5. The molecule has 3 aromatic rings. The Morgan fingerprint density at radius 1 is 0.969 bits per heavy atom. The van der Waals surface area contributed by atoms with Crippen LogP contribution in [0, 0.1) is 11.3 Å². The fourth-order valence-electron chi connectivity index (χ4n) is 4.54. The minimum atomic E-state index is -0.402. The second-order valence-electron chi connectivity index (χ2n) is 8.51. The van der Waals surface area contributed by atoms with Crippen LogP contribution in [0.2, 0.25) is 0 Å². The van der Waals surface area contributed by atoms with Gasteiger partial charge in [0, 0.05) is 23.2 Å². The first-order valence-electron chi connectivity index (χ1n) is 11.0. The number of rotatable bonds is 5. The van der Waals surface area contributed by atoms with Crippen molar-refractivity contribution in [2.75, 3.05) is 5.32 Å². The van der Waals surface area contributed by atoms with Gasteiger partial charge in [0.2, 0.25) is 0 Å². The van der Waals surface area contributed by atoms with Crippen molar-refractivity contribution in [2.45, 2.75) is 31.7 Å². The van der Waals surface area contributed by atoms with E-state index < -0.39 is 5.97 Å². The molecule has 0 radical (unpaired) electrons. The summed E-state index contributed by atoms with van der Waals surface area (Å²) in [7, 11) is 0. The Kier molecular flexibility index (Phi) is 5.27. The van der Waals surface area contributed by atoms with Crippen molar-refractivity contribution in [1.29, 1.82) is 5.41 Å². The summed E-state index contributed by atoms with van der Waals surface area (Å²) in [5, 5.41) is 16.4. The Hall–Kier alpha value is -3.80. The minimum absolute atomic E-state index is 0.0266. The number of esters is 1. The summed E-state index contributed by atoms with van der Waals surface area (Å²) in [6, 6.07) is 18.8. The molecule has 2 aliphatic rings. The SMILES string of the molecule is N=C(N)c1ccc2cc(OC(=O)c3ccc(NC4=CC5CCCCC5N4)cc3)ccc2c1. The first kappa shape index (κ1) is 20.1. The van der Waals surface area contributed by atoms with Gasteiger partial charge in [-0.1, -0.05) is 31.0 Å². The van der Waals surface area contributed by atoms with Gasteiger partial charge in [0.15, 0.2) is 0 Å². The molecule has 5 rings (SSSR count). The van der Waals surface area contributed by atoms with E-state index in [4.69, 9.17) is 15.9 Å². The fraction of sp³-hybridized carbons (Fsp3) is 0.231. The number of nitrogens with one attached hydrogen (secondary N) is 3. The van der Waals surface area contributed by atoms with E-state index >= 15 is 0 Å². The summed E-state index contributed by atoms with van der Waals surface area (Å²) in [5.74, 6) is 1.78. The smallest absolute Gasteiger partial charge is 0.343 e. The predicted molar refractivity (Wildman–Crippen MR) is 127 cm³/mol.